The fraction of sp³-hybridized carbons (Fsp3) is 0.600. The summed E-state index contributed by atoms with van der Waals surface area (Å²) in [5.74, 6) is -1.01. The molecule has 1 aromatic rings. The van der Waals surface area contributed by atoms with Crippen LogP contribution in [0.5, 0.6) is 0 Å². The fourth-order valence-corrected chi connectivity index (χ4v) is 3.31. The van der Waals surface area contributed by atoms with Gasteiger partial charge in [-0.1, -0.05) is 22.9 Å². The van der Waals surface area contributed by atoms with Crippen LogP contribution in [-0.4, -0.2) is 28.1 Å². The summed E-state index contributed by atoms with van der Waals surface area (Å²) in [7, 11) is 0. The minimum Gasteiger partial charge on any atom is -0.477 e. The third kappa shape index (κ3) is 1.89. The summed E-state index contributed by atoms with van der Waals surface area (Å²) in [6, 6.07) is 0. The van der Waals surface area contributed by atoms with Gasteiger partial charge in [-0.2, -0.15) is 0 Å². The molecular formula is C10H13ClN2O2S. The molecule has 0 aliphatic carbocycles. The van der Waals surface area contributed by atoms with Crippen molar-refractivity contribution >= 4 is 34.0 Å². The summed E-state index contributed by atoms with van der Waals surface area (Å²) in [5, 5.41) is 9.73. The van der Waals surface area contributed by atoms with Crippen molar-refractivity contribution in [2.45, 2.75) is 32.2 Å². The molecule has 1 aliphatic rings. The van der Waals surface area contributed by atoms with Gasteiger partial charge in [0.25, 0.3) is 0 Å². The highest BCUT2D eigenvalue weighted by Crippen LogP contribution is 2.38. The topological polar surface area (TPSA) is 53.4 Å². The van der Waals surface area contributed by atoms with E-state index in [-0.39, 0.29) is 15.6 Å². The van der Waals surface area contributed by atoms with Crippen LogP contribution in [0.25, 0.3) is 0 Å². The largest absolute Gasteiger partial charge is 0.477 e. The van der Waals surface area contributed by atoms with Gasteiger partial charge in [-0.3, -0.25) is 0 Å². The highest BCUT2D eigenvalue weighted by molar-refractivity contribution is 7.18. The molecular weight excluding hydrogens is 248 g/mol. The molecule has 88 valence electrons. The molecule has 0 spiro atoms. The fourth-order valence-electron chi connectivity index (χ4n) is 2.00. The first kappa shape index (κ1) is 11.7. The maximum atomic E-state index is 10.9. The molecule has 1 saturated heterocycles. The van der Waals surface area contributed by atoms with E-state index in [1.165, 1.54) is 0 Å². The Morgan fingerprint density at radius 2 is 2.31 bits per heavy atom. The number of rotatable bonds is 2. The first-order chi connectivity index (χ1) is 7.42. The van der Waals surface area contributed by atoms with Gasteiger partial charge < -0.3 is 10.0 Å². The van der Waals surface area contributed by atoms with Gasteiger partial charge in [0.1, 0.15) is 0 Å². The van der Waals surface area contributed by atoms with E-state index in [9.17, 15) is 4.79 Å². The highest BCUT2D eigenvalue weighted by atomic mass is 35.5. The standard InChI is InChI=1S/C10H13ClN2O2S/c1-10(2)4-3-5-13(10)9-12-7(11)6(16-9)8(14)15/h3-5H2,1-2H3,(H,14,15). The van der Waals surface area contributed by atoms with Crippen LogP contribution in [0.2, 0.25) is 5.15 Å². The van der Waals surface area contributed by atoms with E-state index in [1.807, 2.05) is 0 Å². The van der Waals surface area contributed by atoms with E-state index in [2.05, 4.69) is 23.7 Å². The predicted octanol–water partition coefficient (Wildman–Crippen LogP) is 2.87. The van der Waals surface area contributed by atoms with Crippen molar-refractivity contribution in [1.82, 2.24) is 4.98 Å². The molecule has 0 unspecified atom stereocenters. The van der Waals surface area contributed by atoms with Gasteiger partial charge in [-0.15, -0.1) is 0 Å². The van der Waals surface area contributed by atoms with E-state index in [4.69, 9.17) is 16.7 Å². The summed E-state index contributed by atoms with van der Waals surface area (Å²) in [6.45, 7) is 5.18. The van der Waals surface area contributed by atoms with Crippen LogP contribution in [0.1, 0.15) is 36.4 Å². The lowest BCUT2D eigenvalue weighted by Crippen LogP contribution is -2.37. The molecule has 2 rings (SSSR count). The molecule has 16 heavy (non-hydrogen) atoms. The van der Waals surface area contributed by atoms with Gasteiger partial charge in [0, 0.05) is 12.1 Å². The Hall–Kier alpha value is -0.810. The average Bonchev–Trinajstić information content (AvgIpc) is 2.68. The molecule has 1 fully saturated rings. The zero-order chi connectivity index (χ0) is 11.9. The third-order valence-corrected chi connectivity index (χ3v) is 4.35. The summed E-state index contributed by atoms with van der Waals surface area (Å²) < 4.78 is 0. The Balaban J connectivity index is 2.35. The molecule has 0 atom stereocenters. The minimum absolute atomic E-state index is 0.0386. The minimum atomic E-state index is -1.01. The lowest BCUT2D eigenvalue weighted by Gasteiger charge is -2.31. The van der Waals surface area contributed by atoms with Gasteiger partial charge >= 0.3 is 5.97 Å². The Labute approximate surface area is 103 Å². The van der Waals surface area contributed by atoms with E-state index in [0.717, 1.165) is 30.7 Å². The lowest BCUT2D eigenvalue weighted by molar-refractivity contribution is 0.0702. The van der Waals surface area contributed by atoms with Gasteiger partial charge in [-0.05, 0) is 26.7 Å². The quantitative estimate of drug-likeness (QED) is 0.888. The summed E-state index contributed by atoms with van der Waals surface area (Å²) in [4.78, 5) is 17.3. The van der Waals surface area contributed by atoms with Crippen molar-refractivity contribution in [3.63, 3.8) is 0 Å². The maximum Gasteiger partial charge on any atom is 0.349 e. The van der Waals surface area contributed by atoms with Crippen molar-refractivity contribution in [2.24, 2.45) is 0 Å². The zero-order valence-electron chi connectivity index (χ0n) is 9.16. The van der Waals surface area contributed by atoms with E-state index < -0.39 is 5.97 Å². The van der Waals surface area contributed by atoms with Crippen LogP contribution in [-0.2, 0) is 0 Å². The Bertz CT molecular complexity index is 430. The monoisotopic (exact) mass is 260 g/mol. The molecule has 2 heterocycles. The molecule has 1 N–H and O–H groups in total. The summed E-state index contributed by atoms with van der Waals surface area (Å²) in [6.07, 6.45) is 2.19. The number of carbonyl (C=O) groups is 1. The van der Waals surface area contributed by atoms with E-state index >= 15 is 0 Å². The molecule has 0 amide bonds. The molecule has 0 saturated carbocycles. The summed E-state index contributed by atoms with van der Waals surface area (Å²) >= 11 is 6.95. The number of carboxylic acids is 1. The Morgan fingerprint density at radius 3 is 2.75 bits per heavy atom. The van der Waals surface area contributed by atoms with Gasteiger partial charge in [0.2, 0.25) is 0 Å². The highest BCUT2D eigenvalue weighted by Gasteiger charge is 2.34. The smallest absolute Gasteiger partial charge is 0.349 e. The molecule has 1 aliphatic heterocycles. The zero-order valence-corrected chi connectivity index (χ0v) is 10.7. The second kappa shape index (κ2) is 3.89. The number of hydrogen-bond donors (Lipinski definition) is 1. The van der Waals surface area contributed by atoms with Crippen LogP contribution < -0.4 is 4.90 Å². The summed E-state index contributed by atoms with van der Waals surface area (Å²) in [5.41, 5.74) is 0.0386. The number of thiazole rings is 1. The second-order valence-electron chi connectivity index (χ2n) is 4.49. The van der Waals surface area contributed by atoms with E-state index in [0.29, 0.717) is 5.13 Å². The number of halogens is 1. The predicted molar refractivity (Wildman–Crippen MR) is 64.7 cm³/mol. The maximum absolute atomic E-state index is 10.9. The van der Waals surface area contributed by atoms with Crippen molar-refractivity contribution in [3.05, 3.63) is 10.0 Å². The number of aromatic nitrogens is 1. The third-order valence-electron chi connectivity index (χ3n) is 2.90. The number of carboxylic acid groups (broad SMARTS) is 1. The van der Waals surface area contributed by atoms with Gasteiger partial charge in [0.15, 0.2) is 15.2 Å². The van der Waals surface area contributed by atoms with Crippen molar-refractivity contribution in [1.29, 1.82) is 0 Å². The van der Waals surface area contributed by atoms with Gasteiger partial charge in [0.05, 0.1) is 0 Å². The van der Waals surface area contributed by atoms with Crippen molar-refractivity contribution in [2.75, 3.05) is 11.4 Å². The molecule has 0 radical (unpaired) electrons. The van der Waals surface area contributed by atoms with Crippen LogP contribution in [0.3, 0.4) is 0 Å². The lowest BCUT2D eigenvalue weighted by atomic mass is 10.0. The molecule has 6 heteroatoms. The average molecular weight is 261 g/mol. The molecule has 0 bridgehead atoms. The molecule has 1 aromatic heterocycles. The Morgan fingerprint density at radius 1 is 1.62 bits per heavy atom. The van der Waals surface area contributed by atoms with Crippen LogP contribution in [0.4, 0.5) is 5.13 Å². The second-order valence-corrected chi connectivity index (χ2v) is 5.82. The first-order valence-corrected chi connectivity index (χ1v) is 6.28. The normalized spacial score (nSPS) is 19.1. The number of anilines is 1. The van der Waals surface area contributed by atoms with Crippen molar-refractivity contribution < 1.29 is 9.90 Å². The number of aromatic carboxylic acids is 1. The van der Waals surface area contributed by atoms with Crippen LogP contribution in [0, 0.1) is 0 Å². The number of nitrogens with zero attached hydrogens (tertiary/aromatic N) is 2. The Kier molecular flexibility index (Phi) is 2.84. The number of hydrogen-bond acceptors (Lipinski definition) is 4. The van der Waals surface area contributed by atoms with Crippen LogP contribution >= 0.6 is 22.9 Å². The SMILES string of the molecule is CC1(C)CCCN1c1nc(Cl)c(C(=O)O)s1. The van der Waals surface area contributed by atoms with Crippen molar-refractivity contribution in [3.8, 4) is 0 Å². The molecule has 0 aromatic carbocycles. The molecule has 4 nitrogen and oxygen atoms in total. The van der Waals surface area contributed by atoms with Crippen LogP contribution in [0.15, 0.2) is 0 Å². The van der Waals surface area contributed by atoms with E-state index in [1.54, 1.807) is 0 Å². The van der Waals surface area contributed by atoms with Gasteiger partial charge in [-0.25, -0.2) is 9.78 Å². The first-order valence-electron chi connectivity index (χ1n) is 5.09.